The van der Waals surface area contributed by atoms with Gasteiger partial charge in [0.05, 0.1) is 6.54 Å². The van der Waals surface area contributed by atoms with Gasteiger partial charge in [0, 0.05) is 18.3 Å². The highest BCUT2D eigenvalue weighted by Crippen LogP contribution is 2.18. The number of aromatic nitrogens is 1. The Morgan fingerprint density at radius 2 is 1.82 bits per heavy atom. The summed E-state index contributed by atoms with van der Waals surface area (Å²) in [5, 5.41) is 11.3. The number of likely N-dealkylation sites (N-methyl/N-ethyl adjacent to an activating group) is 1. The fourth-order valence-corrected chi connectivity index (χ4v) is 2.54. The summed E-state index contributed by atoms with van der Waals surface area (Å²) in [7, 11) is 1.69. The molecule has 1 heterocycles. The van der Waals surface area contributed by atoms with Gasteiger partial charge in [-0.2, -0.15) is 0 Å². The van der Waals surface area contributed by atoms with Gasteiger partial charge in [-0.05, 0) is 23.1 Å². The number of H-pyrrole nitrogens is 1. The Bertz CT molecular complexity index is 747. The number of amides is 1. The quantitative estimate of drug-likeness (QED) is 0.777. The van der Waals surface area contributed by atoms with Crippen molar-refractivity contribution in [1.82, 2.24) is 9.88 Å². The molecule has 4 heteroatoms. The minimum atomic E-state index is -1.13. The Kier molecular flexibility index (Phi) is 3.94. The summed E-state index contributed by atoms with van der Waals surface area (Å²) >= 11 is 0. The monoisotopic (exact) mass is 294 g/mol. The van der Waals surface area contributed by atoms with Gasteiger partial charge >= 0.3 is 0 Å². The van der Waals surface area contributed by atoms with Crippen molar-refractivity contribution < 1.29 is 9.90 Å². The molecular formula is C18H18N2O2. The highest BCUT2D eigenvalue weighted by Gasteiger charge is 2.21. The zero-order valence-electron chi connectivity index (χ0n) is 12.4. The first-order valence-corrected chi connectivity index (χ1v) is 7.20. The molecule has 2 N–H and O–H groups in total. The van der Waals surface area contributed by atoms with Crippen molar-refractivity contribution in [2.24, 2.45) is 0 Å². The number of rotatable bonds is 4. The molecule has 0 saturated heterocycles. The van der Waals surface area contributed by atoms with E-state index in [-0.39, 0.29) is 5.91 Å². The summed E-state index contributed by atoms with van der Waals surface area (Å²) in [6.07, 6.45) is -1.13. The second-order valence-electron chi connectivity index (χ2n) is 5.39. The molecule has 4 nitrogen and oxygen atoms in total. The Balaban J connectivity index is 1.73. The molecule has 0 unspecified atom stereocenters. The lowest BCUT2D eigenvalue weighted by atomic mass is 10.1. The molecule has 0 fully saturated rings. The molecule has 1 atom stereocenters. The maximum absolute atomic E-state index is 12.3. The third kappa shape index (κ3) is 2.87. The molecule has 3 aromatic rings. The van der Waals surface area contributed by atoms with Crippen molar-refractivity contribution in [3.63, 3.8) is 0 Å². The van der Waals surface area contributed by atoms with Gasteiger partial charge in [-0.25, -0.2) is 0 Å². The van der Waals surface area contributed by atoms with Crippen LogP contribution < -0.4 is 0 Å². The number of nitrogens with zero attached hydrogens (tertiary/aromatic N) is 1. The van der Waals surface area contributed by atoms with Crippen molar-refractivity contribution >= 4 is 16.8 Å². The largest absolute Gasteiger partial charge is 0.378 e. The summed E-state index contributed by atoms with van der Waals surface area (Å²) < 4.78 is 0. The van der Waals surface area contributed by atoms with E-state index in [1.165, 1.54) is 4.90 Å². The molecule has 22 heavy (non-hydrogen) atoms. The second kappa shape index (κ2) is 6.03. The van der Waals surface area contributed by atoms with Crippen LogP contribution in [-0.2, 0) is 11.3 Å². The minimum absolute atomic E-state index is 0.315. The number of aromatic amines is 1. The van der Waals surface area contributed by atoms with Crippen LogP contribution in [0.15, 0.2) is 60.7 Å². The van der Waals surface area contributed by atoms with E-state index < -0.39 is 6.10 Å². The lowest BCUT2D eigenvalue weighted by Crippen LogP contribution is -2.31. The Morgan fingerprint density at radius 3 is 2.55 bits per heavy atom. The van der Waals surface area contributed by atoms with E-state index in [1.807, 2.05) is 48.5 Å². The summed E-state index contributed by atoms with van der Waals surface area (Å²) in [6.45, 7) is 0.428. The third-order valence-electron chi connectivity index (χ3n) is 3.72. The number of hydrogen-bond acceptors (Lipinski definition) is 2. The number of fused-ring (bicyclic) bond motifs is 1. The van der Waals surface area contributed by atoms with Crippen LogP contribution in [0.4, 0.5) is 0 Å². The molecule has 2 aromatic carbocycles. The first-order chi connectivity index (χ1) is 10.6. The summed E-state index contributed by atoms with van der Waals surface area (Å²) in [6, 6.07) is 19.0. The number of benzene rings is 2. The zero-order valence-corrected chi connectivity index (χ0v) is 12.4. The topological polar surface area (TPSA) is 56.3 Å². The maximum atomic E-state index is 12.3. The second-order valence-corrected chi connectivity index (χ2v) is 5.39. The normalized spacial score (nSPS) is 12.3. The van der Waals surface area contributed by atoms with Crippen LogP contribution >= 0.6 is 0 Å². The van der Waals surface area contributed by atoms with Gasteiger partial charge in [0.15, 0.2) is 6.10 Å². The van der Waals surface area contributed by atoms with Crippen LogP contribution in [0.5, 0.6) is 0 Å². The van der Waals surface area contributed by atoms with E-state index in [1.54, 1.807) is 19.2 Å². The van der Waals surface area contributed by atoms with Crippen molar-refractivity contribution in [2.75, 3.05) is 7.05 Å². The van der Waals surface area contributed by atoms with Gasteiger partial charge in [0.25, 0.3) is 5.91 Å². The third-order valence-corrected chi connectivity index (χ3v) is 3.72. The molecule has 0 bridgehead atoms. The molecule has 0 aliphatic heterocycles. The number of para-hydroxylation sites is 1. The summed E-state index contributed by atoms with van der Waals surface area (Å²) in [5.41, 5.74) is 2.59. The van der Waals surface area contributed by atoms with Gasteiger partial charge in [0.1, 0.15) is 0 Å². The number of aliphatic hydroxyl groups excluding tert-OH is 1. The highest BCUT2D eigenvalue weighted by atomic mass is 16.3. The van der Waals surface area contributed by atoms with Crippen LogP contribution in [0.25, 0.3) is 10.9 Å². The van der Waals surface area contributed by atoms with Crippen LogP contribution in [0.1, 0.15) is 17.4 Å². The Labute approximate surface area is 129 Å². The standard InChI is InChI=1S/C18H18N2O2/c1-20(18(22)17(21)13-7-3-2-4-8-13)12-15-11-14-9-5-6-10-16(14)19-15/h2-11,17,19,21H,12H2,1H3/t17-/m0/s1. The predicted molar refractivity (Wildman–Crippen MR) is 86.2 cm³/mol. The first-order valence-electron chi connectivity index (χ1n) is 7.20. The van der Waals surface area contributed by atoms with Crippen molar-refractivity contribution in [2.45, 2.75) is 12.6 Å². The van der Waals surface area contributed by atoms with E-state index in [2.05, 4.69) is 4.98 Å². The number of nitrogens with one attached hydrogen (secondary N) is 1. The number of carbonyl (C=O) groups is 1. The fourth-order valence-electron chi connectivity index (χ4n) is 2.54. The van der Waals surface area contributed by atoms with Crippen LogP contribution in [0.2, 0.25) is 0 Å². The van der Waals surface area contributed by atoms with Gasteiger partial charge in [0.2, 0.25) is 0 Å². The molecule has 0 spiro atoms. The number of carbonyl (C=O) groups excluding carboxylic acids is 1. The van der Waals surface area contributed by atoms with Crippen LogP contribution in [-0.4, -0.2) is 27.9 Å². The molecule has 0 aliphatic rings. The summed E-state index contributed by atoms with van der Waals surface area (Å²) in [5.74, 6) is -0.315. The van der Waals surface area contributed by atoms with Crippen molar-refractivity contribution in [1.29, 1.82) is 0 Å². The lowest BCUT2D eigenvalue weighted by Gasteiger charge is -2.20. The first kappa shape index (κ1) is 14.4. The molecule has 0 radical (unpaired) electrons. The predicted octanol–water partition coefficient (Wildman–Crippen LogP) is 2.86. The summed E-state index contributed by atoms with van der Waals surface area (Å²) in [4.78, 5) is 17.1. The zero-order chi connectivity index (χ0) is 15.5. The van der Waals surface area contributed by atoms with Crippen LogP contribution in [0.3, 0.4) is 0 Å². The van der Waals surface area contributed by atoms with Gasteiger partial charge < -0.3 is 15.0 Å². The molecule has 112 valence electrons. The molecule has 3 rings (SSSR count). The van der Waals surface area contributed by atoms with Crippen molar-refractivity contribution in [3.8, 4) is 0 Å². The van der Waals surface area contributed by atoms with Gasteiger partial charge in [-0.15, -0.1) is 0 Å². The van der Waals surface area contributed by atoms with E-state index in [0.29, 0.717) is 12.1 Å². The van der Waals surface area contributed by atoms with E-state index in [0.717, 1.165) is 16.6 Å². The Morgan fingerprint density at radius 1 is 1.14 bits per heavy atom. The SMILES string of the molecule is CN(Cc1cc2ccccc2[nH]1)C(=O)[C@@H](O)c1ccccc1. The molecule has 0 aliphatic carbocycles. The van der Waals surface area contributed by atoms with Crippen LogP contribution in [0, 0.1) is 0 Å². The molecular weight excluding hydrogens is 276 g/mol. The van der Waals surface area contributed by atoms with Gasteiger partial charge in [-0.3, -0.25) is 4.79 Å². The van der Waals surface area contributed by atoms with Crippen molar-refractivity contribution in [3.05, 3.63) is 71.9 Å². The van der Waals surface area contributed by atoms with Gasteiger partial charge in [-0.1, -0.05) is 48.5 Å². The van der Waals surface area contributed by atoms with E-state index in [9.17, 15) is 9.90 Å². The fraction of sp³-hybridized carbons (Fsp3) is 0.167. The molecule has 1 amide bonds. The molecule has 1 aromatic heterocycles. The molecule has 0 saturated carbocycles. The Hall–Kier alpha value is -2.59. The van der Waals surface area contributed by atoms with E-state index >= 15 is 0 Å². The average molecular weight is 294 g/mol. The number of aliphatic hydroxyl groups is 1. The highest BCUT2D eigenvalue weighted by molar-refractivity contribution is 5.83. The maximum Gasteiger partial charge on any atom is 0.256 e. The lowest BCUT2D eigenvalue weighted by molar-refractivity contribution is -0.139. The van der Waals surface area contributed by atoms with E-state index in [4.69, 9.17) is 0 Å². The number of hydrogen-bond donors (Lipinski definition) is 2. The average Bonchev–Trinajstić information content (AvgIpc) is 2.96. The smallest absolute Gasteiger partial charge is 0.256 e. The minimum Gasteiger partial charge on any atom is -0.378 e.